The standard InChI is InChI=1S/C19H18F6N4O2/c20-17(21,11-26-15(30)28-13-7-3-1-4-8-13)19(24,25)18(22,23)12-27-16(31)29-14-9-5-2-6-10-14/h1-10H,11-12H2,(H2,26,28,30)(H2,27,29,31). The third-order valence-electron chi connectivity index (χ3n) is 3.92. The van der Waals surface area contributed by atoms with E-state index >= 15 is 0 Å². The second-order valence-corrected chi connectivity index (χ2v) is 6.33. The van der Waals surface area contributed by atoms with Crippen LogP contribution in [0.5, 0.6) is 0 Å². The van der Waals surface area contributed by atoms with E-state index < -0.39 is 42.9 Å². The van der Waals surface area contributed by atoms with E-state index in [1.54, 1.807) is 12.1 Å². The van der Waals surface area contributed by atoms with Gasteiger partial charge in [-0.2, -0.15) is 26.3 Å². The number of hydrogen-bond acceptors (Lipinski definition) is 2. The zero-order chi connectivity index (χ0) is 23.1. The molecule has 0 unspecified atom stereocenters. The average molecular weight is 448 g/mol. The molecule has 12 heteroatoms. The highest BCUT2D eigenvalue weighted by molar-refractivity contribution is 5.89. The van der Waals surface area contributed by atoms with Gasteiger partial charge in [-0.1, -0.05) is 36.4 Å². The zero-order valence-electron chi connectivity index (χ0n) is 15.8. The van der Waals surface area contributed by atoms with Gasteiger partial charge in [0.05, 0.1) is 13.1 Å². The molecule has 0 fully saturated rings. The Bertz CT molecular complexity index is 810. The molecule has 6 nitrogen and oxygen atoms in total. The van der Waals surface area contributed by atoms with E-state index in [-0.39, 0.29) is 11.4 Å². The van der Waals surface area contributed by atoms with Crippen molar-refractivity contribution in [1.82, 2.24) is 10.6 Å². The lowest BCUT2D eigenvalue weighted by Gasteiger charge is -2.33. The van der Waals surface area contributed by atoms with Crippen LogP contribution in [0.15, 0.2) is 60.7 Å². The minimum Gasteiger partial charge on any atom is -0.332 e. The fourth-order valence-corrected chi connectivity index (χ4v) is 2.27. The molecule has 0 aliphatic carbocycles. The first-order valence-electron chi connectivity index (χ1n) is 8.78. The number of para-hydroxylation sites is 2. The quantitative estimate of drug-likeness (QED) is 0.448. The van der Waals surface area contributed by atoms with E-state index in [9.17, 15) is 35.9 Å². The van der Waals surface area contributed by atoms with E-state index in [0.717, 1.165) is 0 Å². The van der Waals surface area contributed by atoms with E-state index in [1.165, 1.54) is 59.2 Å². The molecular weight excluding hydrogens is 430 g/mol. The number of urea groups is 2. The van der Waals surface area contributed by atoms with Crippen molar-refractivity contribution in [3.05, 3.63) is 60.7 Å². The van der Waals surface area contributed by atoms with Gasteiger partial charge in [-0.05, 0) is 24.3 Å². The minimum absolute atomic E-state index is 0.175. The van der Waals surface area contributed by atoms with Gasteiger partial charge >= 0.3 is 29.8 Å². The topological polar surface area (TPSA) is 82.3 Å². The van der Waals surface area contributed by atoms with Gasteiger partial charge in [0.2, 0.25) is 0 Å². The average Bonchev–Trinajstić information content (AvgIpc) is 2.72. The number of amides is 4. The molecule has 0 aliphatic rings. The van der Waals surface area contributed by atoms with Gasteiger partial charge in [0.1, 0.15) is 0 Å². The SMILES string of the molecule is O=C(NCC(F)(F)C(F)(F)C(F)(F)CNC(=O)Nc1ccccc1)Nc1ccccc1. The van der Waals surface area contributed by atoms with Crippen LogP contribution in [0.2, 0.25) is 0 Å². The number of hydrogen-bond donors (Lipinski definition) is 4. The van der Waals surface area contributed by atoms with E-state index in [1.807, 2.05) is 0 Å². The summed E-state index contributed by atoms with van der Waals surface area (Å²) >= 11 is 0. The summed E-state index contributed by atoms with van der Waals surface area (Å²) in [6, 6.07) is 12.3. The molecule has 4 amide bonds. The van der Waals surface area contributed by atoms with Crippen LogP contribution in [0.3, 0.4) is 0 Å². The molecule has 0 spiro atoms. The summed E-state index contributed by atoms with van der Waals surface area (Å²) in [6.07, 6.45) is 0. The maximum atomic E-state index is 13.9. The number of carbonyl (C=O) groups is 2. The minimum atomic E-state index is -5.87. The Morgan fingerprint density at radius 1 is 0.613 bits per heavy atom. The van der Waals surface area contributed by atoms with Gasteiger partial charge in [0.25, 0.3) is 0 Å². The number of alkyl halides is 6. The van der Waals surface area contributed by atoms with Gasteiger partial charge in [-0.15, -0.1) is 0 Å². The summed E-state index contributed by atoms with van der Waals surface area (Å²) in [5, 5.41) is 7.04. The van der Waals surface area contributed by atoms with Gasteiger partial charge in [-0.3, -0.25) is 0 Å². The molecule has 0 radical (unpaired) electrons. The summed E-state index contributed by atoms with van der Waals surface area (Å²) in [6.45, 7) is -4.13. The van der Waals surface area contributed by atoms with Crippen molar-refractivity contribution in [2.75, 3.05) is 23.7 Å². The van der Waals surface area contributed by atoms with Crippen molar-refractivity contribution in [2.24, 2.45) is 0 Å². The highest BCUT2D eigenvalue weighted by Crippen LogP contribution is 2.45. The van der Waals surface area contributed by atoms with Gasteiger partial charge < -0.3 is 21.3 Å². The van der Waals surface area contributed by atoms with Crippen molar-refractivity contribution in [1.29, 1.82) is 0 Å². The number of rotatable bonds is 8. The van der Waals surface area contributed by atoms with Crippen LogP contribution in [0.4, 0.5) is 47.3 Å². The lowest BCUT2D eigenvalue weighted by atomic mass is 10.0. The number of halogens is 6. The maximum absolute atomic E-state index is 13.9. The normalized spacial score (nSPS) is 12.1. The Hall–Kier alpha value is -3.44. The smallest absolute Gasteiger partial charge is 0.332 e. The lowest BCUT2D eigenvalue weighted by Crippen LogP contribution is -2.62. The molecule has 0 bridgehead atoms. The molecule has 168 valence electrons. The van der Waals surface area contributed by atoms with E-state index in [0.29, 0.717) is 0 Å². The number of carbonyl (C=O) groups excluding carboxylic acids is 2. The summed E-state index contributed by atoms with van der Waals surface area (Å²) in [5.41, 5.74) is 0.350. The Labute approximate surface area is 173 Å². The second kappa shape index (κ2) is 9.58. The number of anilines is 2. The fourth-order valence-electron chi connectivity index (χ4n) is 2.27. The van der Waals surface area contributed by atoms with Crippen LogP contribution in [0, 0.1) is 0 Å². The maximum Gasteiger partial charge on any atom is 0.375 e. The molecule has 0 heterocycles. The molecule has 0 atom stereocenters. The fraction of sp³-hybridized carbons (Fsp3) is 0.263. The molecule has 0 saturated carbocycles. The second-order valence-electron chi connectivity index (χ2n) is 6.33. The van der Waals surface area contributed by atoms with Crippen LogP contribution in [0.1, 0.15) is 0 Å². The molecule has 0 aromatic heterocycles. The predicted octanol–water partition coefficient (Wildman–Crippen LogP) is 4.54. The third kappa shape index (κ3) is 6.27. The van der Waals surface area contributed by atoms with Crippen molar-refractivity contribution in [3.63, 3.8) is 0 Å². The first-order valence-corrected chi connectivity index (χ1v) is 8.78. The first kappa shape index (κ1) is 23.8. The van der Waals surface area contributed by atoms with Crippen LogP contribution >= 0.6 is 0 Å². The van der Waals surface area contributed by atoms with Crippen molar-refractivity contribution in [3.8, 4) is 0 Å². The lowest BCUT2D eigenvalue weighted by molar-refractivity contribution is -0.303. The molecule has 2 aromatic carbocycles. The molecule has 4 N–H and O–H groups in total. The highest BCUT2D eigenvalue weighted by Gasteiger charge is 2.71. The van der Waals surface area contributed by atoms with Crippen molar-refractivity contribution in [2.45, 2.75) is 17.8 Å². The summed E-state index contributed by atoms with van der Waals surface area (Å²) < 4.78 is 83.2. The molecule has 0 saturated heterocycles. The Morgan fingerprint density at radius 3 is 1.26 bits per heavy atom. The molecule has 0 aliphatic heterocycles. The molecular formula is C19H18F6N4O2. The largest absolute Gasteiger partial charge is 0.375 e. The summed E-state index contributed by atoms with van der Waals surface area (Å²) in [5.74, 6) is -16.5. The third-order valence-corrected chi connectivity index (χ3v) is 3.92. The van der Waals surface area contributed by atoms with Gasteiger partial charge in [0, 0.05) is 11.4 Å². The summed E-state index contributed by atoms with van der Waals surface area (Å²) in [4.78, 5) is 23.1. The number of nitrogens with one attached hydrogen (secondary N) is 4. The predicted molar refractivity (Wildman–Crippen MR) is 102 cm³/mol. The Kier molecular flexibility index (Phi) is 7.37. The van der Waals surface area contributed by atoms with Crippen LogP contribution in [0.25, 0.3) is 0 Å². The monoisotopic (exact) mass is 448 g/mol. The molecule has 2 aromatic rings. The Morgan fingerprint density at radius 2 is 0.935 bits per heavy atom. The van der Waals surface area contributed by atoms with E-state index in [4.69, 9.17) is 0 Å². The molecule has 31 heavy (non-hydrogen) atoms. The number of benzene rings is 2. The van der Waals surface area contributed by atoms with Crippen molar-refractivity contribution >= 4 is 23.4 Å². The Balaban J connectivity index is 1.92. The van der Waals surface area contributed by atoms with Crippen LogP contribution < -0.4 is 21.3 Å². The first-order chi connectivity index (χ1) is 14.4. The van der Waals surface area contributed by atoms with Gasteiger partial charge in [-0.25, -0.2) is 9.59 Å². The van der Waals surface area contributed by atoms with Crippen LogP contribution in [-0.2, 0) is 0 Å². The van der Waals surface area contributed by atoms with Crippen molar-refractivity contribution < 1.29 is 35.9 Å². The van der Waals surface area contributed by atoms with E-state index in [2.05, 4.69) is 10.6 Å². The van der Waals surface area contributed by atoms with Crippen LogP contribution in [-0.4, -0.2) is 42.9 Å². The highest BCUT2D eigenvalue weighted by atomic mass is 19.3. The summed E-state index contributed by atoms with van der Waals surface area (Å²) in [7, 11) is 0. The molecule has 2 rings (SSSR count). The van der Waals surface area contributed by atoms with Gasteiger partial charge in [0.15, 0.2) is 0 Å². The zero-order valence-corrected chi connectivity index (χ0v) is 15.8.